The maximum atomic E-state index is 11.9. The van der Waals surface area contributed by atoms with Crippen LogP contribution in [0, 0.1) is 0 Å². The Morgan fingerprint density at radius 2 is 1.89 bits per heavy atom. The van der Waals surface area contributed by atoms with Crippen molar-refractivity contribution in [2.24, 2.45) is 0 Å². The summed E-state index contributed by atoms with van der Waals surface area (Å²) >= 11 is 0. The molecule has 6 heteroatoms. The van der Waals surface area contributed by atoms with E-state index in [9.17, 15) is 4.79 Å². The summed E-state index contributed by atoms with van der Waals surface area (Å²) in [4.78, 5) is 16.3. The second kappa shape index (κ2) is 9.53. The zero-order valence-corrected chi connectivity index (χ0v) is 20.1. The van der Waals surface area contributed by atoms with Gasteiger partial charge in [0.1, 0.15) is 29.6 Å². The molecule has 0 saturated carbocycles. The number of carbonyl (C=O) groups excluding carboxylic acids is 1. The van der Waals surface area contributed by atoms with Crippen molar-refractivity contribution in [2.75, 3.05) is 13.2 Å². The molecule has 6 nitrogen and oxygen atoms in total. The molecule has 0 saturated heterocycles. The smallest absolute Gasteiger partial charge is 0.306 e. The second-order valence-electron chi connectivity index (χ2n) is 9.15. The average Bonchev–Trinajstić information content (AvgIpc) is 3.65. The van der Waals surface area contributed by atoms with E-state index in [4.69, 9.17) is 18.6 Å². The van der Waals surface area contributed by atoms with Gasteiger partial charge in [0.05, 0.1) is 19.6 Å². The maximum absolute atomic E-state index is 11.9. The van der Waals surface area contributed by atoms with Gasteiger partial charge in [0.25, 0.3) is 0 Å². The van der Waals surface area contributed by atoms with E-state index in [1.807, 2.05) is 31.2 Å². The van der Waals surface area contributed by atoms with Gasteiger partial charge in [0.2, 0.25) is 0 Å². The maximum Gasteiger partial charge on any atom is 0.306 e. The molecule has 2 aliphatic rings. The number of carbonyl (C=O) groups is 1. The van der Waals surface area contributed by atoms with Crippen molar-refractivity contribution in [1.82, 2.24) is 4.98 Å². The number of nitrogens with zero attached hydrogens (tertiary/aromatic N) is 1. The van der Waals surface area contributed by atoms with Gasteiger partial charge in [0, 0.05) is 23.1 Å². The number of aromatic nitrogens is 1. The number of ether oxygens (including phenoxy) is 3. The van der Waals surface area contributed by atoms with Crippen LogP contribution in [0.3, 0.4) is 0 Å². The summed E-state index contributed by atoms with van der Waals surface area (Å²) in [7, 11) is 0. The molecule has 4 aromatic rings. The molecule has 0 N–H and O–H groups in total. The van der Waals surface area contributed by atoms with Crippen LogP contribution >= 0.6 is 0 Å². The van der Waals surface area contributed by atoms with E-state index in [1.54, 1.807) is 6.26 Å². The Morgan fingerprint density at radius 3 is 2.72 bits per heavy atom. The predicted molar refractivity (Wildman–Crippen MR) is 135 cm³/mol. The quantitative estimate of drug-likeness (QED) is 0.281. The molecule has 0 fully saturated rings. The van der Waals surface area contributed by atoms with E-state index in [-0.39, 0.29) is 18.0 Å². The fourth-order valence-electron chi connectivity index (χ4n) is 5.36. The number of oxazole rings is 1. The van der Waals surface area contributed by atoms with E-state index in [1.165, 1.54) is 23.1 Å². The predicted octanol–water partition coefficient (Wildman–Crippen LogP) is 6.50. The van der Waals surface area contributed by atoms with Gasteiger partial charge in [-0.05, 0) is 48.1 Å². The van der Waals surface area contributed by atoms with Crippen LogP contribution in [0.25, 0.3) is 22.4 Å². The summed E-state index contributed by atoms with van der Waals surface area (Å²) in [5, 5.41) is 0. The third-order valence-corrected chi connectivity index (χ3v) is 7.00. The molecule has 0 unspecified atom stereocenters. The topological polar surface area (TPSA) is 70.8 Å². The summed E-state index contributed by atoms with van der Waals surface area (Å²) in [6.45, 7) is 2.70. The molecule has 2 atom stereocenters. The summed E-state index contributed by atoms with van der Waals surface area (Å²) in [6.07, 6.45) is 5.28. The monoisotopic (exact) mass is 481 g/mol. The first-order valence-corrected chi connectivity index (χ1v) is 12.4. The Labute approximate surface area is 209 Å². The Balaban J connectivity index is 1.24. The number of hydrogen-bond donors (Lipinski definition) is 0. The number of esters is 1. The van der Waals surface area contributed by atoms with Gasteiger partial charge in [-0.1, -0.05) is 48.5 Å². The van der Waals surface area contributed by atoms with Gasteiger partial charge in [-0.2, -0.15) is 0 Å². The van der Waals surface area contributed by atoms with Crippen LogP contribution in [0.4, 0.5) is 0 Å². The molecule has 2 heterocycles. The molecule has 1 aromatic heterocycles. The highest BCUT2D eigenvalue weighted by atomic mass is 16.5. The van der Waals surface area contributed by atoms with Crippen molar-refractivity contribution in [3.63, 3.8) is 0 Å². The van der Waals surface area contributed by atoms with Gasteiger partial charge >= 0.3 is 5.97 Å². The lowest BCUT2D eigenvalue weighted by atomic mass is 9.92. The van der Waals surface area contributed by atoms with Crippen molar-refractivity contribution in [2.45, 2.75) is 38.2 Å². The van der Waals surface area contributed by atoms with Gasteiger partial charge in [-0.15, -0.1) is 0 Å². The Kier molecular flexibility index (Phi) is 5.93. The average molecular weight is 482 g/mol. The lowest BCUT2D eigenvalue weighted by molar-refractivity contribution is -0.143. The molecule has 6 rings (SSSR count). The molecular formula is C30H27NO5. The highest BCUT2D eigenvalue weighted by Gasteiger charge is 2.30. The Hall–Kier alpha value is -4.06. The van der Waals surface area contributed by atoms with Crippen LogP contribution in [0.15, 0.2) is 77.7 Å². The van der Waals surface area contributed by atoms with Crippen LogP contribution in [-0.2, 0) is 16.0 Å². The van der Waals surface area contributed by atoms with E-state index < -0.39 is 0 Å². The summed E-state index contributed by atoms with van der Waals surface area (Å²) < 4.78 is 22.7. The molecule has 36 heavy (non-hydrogen) atoms. The minimum Gasteiger partial charge on any atom is -0.492 e. The van der Waals surface area contributed by atoms with Crippen molar-refractivity contribution < 1.29 is 23.4 Å². The minimum absolute atomic E-state index is 0.0210. The van der Waals surface area contributed by atoms with Gasteiger partial charge in [-0.3, -0.25) is 4.79 Å². The van der Waals surface area contributed by atoms with E-state index in [2.05, 4.69) is 41.4 Å². The third-order valence-electron chi connectivity index (χ3n) is 7.00. The van der Waals surface area contributed by atoms with Crippen molar-refractivity contribution in [3.8, 4) is 33.9 Å². The van der Waals surface area contributed by atoms with Gasteiger partial charge in [0.15, 0.2) is 6.39 Å². The molecule has 1 aliphatic heterocycles. The first kappa shape index (κ1) is 22.4. The highest BCUT2D eigenvalue weighted by Crippen LogP contribution is 2.44. The van der Waals surface area contributed by atoms with Crippen molar-refractivity contribution in [1.29, 1.82) is 0 Å². The third kappa shape index (κ3) is 4.13. The first-order chi connectivity index (χ1) is 17.7. The van der Waals surface area contributed by atoms with Crippen molar-refractivity contribution >= 4 is 5.97 Å². The number of rotatable bonds is 7. The largest absolute Gasteiger partial charge is 0.492 e. The number of benzene rings is 3. The first-order valence-electron chi connectivity index (χ1n) is 12.4. The normalized spacial score (nSPS) is 17.8. The Morgan fingerprint density at radius 1 is 1.03 bits per heavy atom. The standard InChI is InChI=1S/C30H27NO5/c1-2-34-30(32)14-19-16-35-29-15-20(10-11-21(19)29)36-28-13-12-24-22(8-5-9-26(24)28)23-6-3-4-7-25(23)27-17-33-18-31-27/h3-11,15,17-19,28H,2,12-14,16H2,1H3/t19-,28-/m1/s1. The van der Waals surface area contributed by atoms with Crippen molar-refractivity contribution in [3.05, 3.63) is 90.0 Å². The van der Waals surface area contributed by atoms with Gasteiger partial charge in [-0.25, -0.2) is 4.98 Å². The second-order valence-corrected chi connectivity index (χ2v) is 9.15. The molecular weight excluding hydrogens is 454 g/mol. The van der Waals surface area contributed by atoms with E-state index in [0.29, 0.717) is 19.6 Å². The highest BCUT2D eigenvalue weighted by molar-refractivity contribution is 5.84. The zero-order valence-electron chi connectivity index (χ0n) is 20.1. The fourth-order valence-corrected chi connectivity index (χ4v) is 5.36. The van der Waals surface area contributed by atoms with Gasteiger partial charge < -0.3 is 18.6 Å². The lowest BCUT2D eigenvalue weighted by Gasteiger charge is -2.17. The van der Waals surface area contributed by atoms with E-state index >= 15 is 0 Å². The molecule has 0 bridgehead atoms. The minimum atomic E-state index is -0.192. The summed E-state index contributed by atoms with van der Waals surface area (Å²) in [5.74, 6) is 1.39. The van der Waals surface area contributed by atoms with Crippen LogP contribution in [0.5, 0.6) is 11.5 Å². The van der Waals surface area contributed by atoms with Crippen LogP contribution < -0.4 is 9.47 Å². The number of fused-ring (bicyclic) bond motifs is 2. The molecule has 0 spiro atoms. The number of hydrogen-bond acceptors (Lipinski definition) is 6. The molecule has 1 aliphatic carbocycles. The molecule has 0 amide bonds. The van der Waals surface area contributed by atoms with Crippen LogP contribution in [-0.4, -0.2) is 24.2 Å². The summed E-state index contributed by atoms with van der Waals surface area (Å²) in [5.41, 5.74) is 7.78. The lowest BCUT2D eigenvalue weighted by Crippen LogP contribution is -2.11. The fraction of sp³-hybridized carbons (Fsp3) is 0.267. The van der Waals surface area contributed by atoms with Crippen LogP contribution in [0.2, 0.25) is 0 Å². The summed E-state index contributed by atoms with van der Waals surface area (Å²) in [6, 6.07) is 20.7. The SMILES string of the molecule is CCOC(=O)C[C@@H]1COc2cc(O[C@@H]3CCc4c(-c5ccccc5-c5cocn5)cccc43)ccc21. The van der Waals surface area contributed by atoms with E-state index in [0.717, 1.165) is 46.7 Å². The Bertz CT molecular complexity index is 1390. The van der Waals surface area contributed by atoms with Crippen LogP contribution in [0.1, 0.15) is 48.5 Å². The molecule has 182 valence electrons. The molecule has 0 radical (unpaired) electrons. The molecule has 3 aromatic carbocycles. The zero-order chi connectivity index (χ0) is 24.5.